The van der Waals surface area contributed by atoms with Gasteiger partial charge in [-0.2, -0.15) is 0 Å². The molecule has 3 aromatic rings. The Kier molecular flexibility index (Phi) is 5.91. The monoisotopic (exact) mass is 363 g/mol. The standard InChI is InChI=1S/C22H25N3O2/c1-16-7-9-17(10-8-16)11-12-20(26)24-21(22-23-13-14-25(22)2)18-5-4-6-19(15-18)27-3/h4-10,13-15,21H,11-12H2,1-3H3,(H,24,26). The molecule has 1 heterocycles. The Morgan fingerprint density at radius 1 is 1.22 bits per heavy atom. The topological polar surface area (TPSA) is 56.1 Å². The maximum absolute atomic E-state index is 12.6. The lowest BCUT2D eigenvalue weighted by Gasteiger charge is -2.20. The van der Waals surface area contributed by atoms with Crippen LogP contribution in [-0.2, 0) is 18.3 Å². The predicted octanol–water partition coefficient (Wildman–Crippen LogP) is 3.58. The lowest BCUT2D eigenvalue weighted by molar-refractivity contribution is -0.121. The van der Waals surface area contributed by atoms with E-state index in [9.17, 15) is 4.79 Å². The second-order valence-electron chi connectivity index (χ2n) is 6.66. The average molecular weight is 363 g/mol. The van der Waals surface area contributed by atoms with Crippen LogP contribution in [0, 0.1) is 6.92 Å². The number of hydrogen-bond donors (Lipinski definition) is 1. The van der Waals surface area contributed by atoms with Crippen molar-refractivity contribution in [1.82, 2.24) is 14.9 Å². The van der Waals surface area contributed by atoms with Crippen molar-refractivity contribution in [2.75, 3.05) is 7.11 Å². The fourth-order valence-electron chi connectivity index (χ4n) is 3.02. The smallest absolute Gasteiger partial charge is 0.221 e. The molecule has 1 amide bonds. The Balaban J connectivity index is 1.75. The molecule has 1 atom stereocenters. The molecule has 1 N–H and O–H groups in total. The summed E-state index contributed by atoms with van der Waals surface area (Å²) < 4.78 is 7.25. The largest absolute Gasteiger partial charge is 0.497 e. The van der Waals surface area contributed by atoms with Crippen LogP contribution in [0.25, 0.3) is 0 Å². The molecule has 0 fully saturated rings. The normalized spacial score (nSPS) is 11.8. The highest BCUT2D eigenvalue weighted by Gasteiger charge is 2.21. The van der Waals surface area contributed by atoms with E-state index in [0.29, 0.717) is 12.8 Å². The van der Waals surface area contributed by atoms with Crippen LogP contribution < -0.4 is 10.1 Å². The quantitative estimate of drug-likeness (QED) is 0.698. The summed E-state index contributed by atoms with van der Waals surface area (Å²) in [4.78, 5) is 17.1. The highest BCUT2D eigenvalue weighted by atomic mass is 16.5. The molecule has 1 unspecified atom stereocenters. The summed E-state index contributed by atoms with van der Waals surface area (Å²) in [7, 11) is 3.56. The Labute approximate surface area is 160 Å². The van der Waals surface area contributed by atoms with Crippen molar-refractivity contribution in [3.63, 3.8) is 0 Å². The van der Waals surface area contributed by atoms with Crippen molar-refractivity contribution < 1.29 is 9.53 Å². The van der Waals surface area contributed by atoms with Gasteiger partial charge >= 0.3 is 0 Å². The molecule has 3 rings (SSSR count). The van der Waals surface area contributed by atoms with Crippen molar-refractivity contribution in [1.29, 1.82) is 0 Å². The molecule has 5 nitrogen and oxygen atoms in total. The van der Waals surface area contributed by atoms with Gasteiger partial charge in [0.1, 0.15) is 17.6 Å². The highest BCUT2D eigenvalue weighted by molar-refractivity contribution is 5.77. The van der Waals surface area contributed by atoms with E-state index in [1.54, 1.807) is 13.3 Å². The second-order valence-corrected chi connectivity index (χ2v) is 6.66. The zero-order valence-corrected chi connectivity index (χ0v) is 16.0. The van der Waals surface area contributed by atoms with E-state index in [1.165, 1.54) is 5.56 Å². The third kappa shape index (κ3) is 4.76. The number of aromatic nitrogens is 2. The summed E-state index contributed by atoms with van der Waals surface area (Å²) in [5.41, 5.74) is 3.31. The van der Waals surface area contributed by atoms with E-state index >= 15 is 0 Å². The third-order valence-corrected chi connectivity index (χ3v) is 4.61. The number of ether oxygens (including phenoxy) is 1. The molecule has 5 heteroatoms. The molecule has 0 aliphatic carbocycles. The minimum atomic E-state index is -0.328. The van der Waals surface area contributed by atoms with Crippen molar-refractivity contribution in [3.05, 3.63) is 83.4 Å². The fraction of sp³-hybridized carbons (Fsp3) is 0.273. The van der Waals surface area contributed by atoms with E-state index in [0.717, 1.165) is 22.7 Å². The van der Waals surface area contributed by atoms with E-state index in [-0.39, 0.29) is 11.9 Å². The molecule has 0 bridgehead atoms. The van der Waals surface area contributed by atoms with Gasteiger partial charge in [0.05, 0.1) is 7.11 Å². The zero-order chi connectivity index (χ0) is 19.2. The van der Waals surface area contributed by atoms with Gasteiger partial charge in [-0.1, -0.05) is 42.0 Å². The molecule has 0 saturated carbocycles. The van der Waals surface area contributed by atoms with Crippen LogP contribution in [-0.4, -0.2) is 22.6 Å². The van der Waals surface area contributed by atoms with Crippen LogP contribution in [0.3, 0.4) is 0 Å². The predicted molar refractivity (Wildman–Crippen MR) is 106 cm³/mol. The number of carbonyl (C=O) groups excluding carboxylic acids is 1. The Morgan fingerprint density at radius 2 is 2.00 bits per heavy atom. The molecule has 0 radical (unpaired) electrons. The van der Waals surface area contributed by atoms with Crippen LogP contribution in [0.1, 0.15) is 35.0 Å². The third-order valence-electron chi connectivity index (χ3n) is 4.61. The number of rotatable bonds is 7. The Bertz CT molecular complexity index is 900. The average Bonchev–Trinajstić information content (AvgIpc) is 3.11. The minimum absolute atomic E-state index is 0.00797. The van der Waals surface area contributed by atoms with Gasteiger partial charge in [-0.25, -0.2) is 4.98 Å². The Morgan fingerprint density at radius 3 is 2.67 bits per heavy atom. The second kappa shape index (κ2) is 8.54. The first-order valence-electron chi connectivity index (χ1n) is 9.03. The molecule has 0 spiro atoms. The number of benzene rings is 2. The number of aryl methyl sites for hydroxylation is 3. The summed E-state index contributed by atoms with van der Waals surface area (Å²) in [5.74, 6) is 1.53. The van der Waals surface area contributed by atoms with Crippen molar-refractivity contribution in [2.45, 2.75) is 25.8 Å². The molecule has 0 aliphatic heterocycles. The summed E-state index contributed by atoms with van der Waals surface area (Å²) in [6.45, 7) is 2.06. The number of carbonyl (C=O) groups is 1. The van der Waals surface area contributed by atoms with Crippen LogP contribution >= 0.6 is 0 Å². The van der Waals surface area contributed by atoms with Gasteiger partial charge < -0.3 is 14.6 Å². The zero-order valence-electron chi connectivity index (χ0n) is 16.0. The van der Waals surface area contributed by atoms with E-state index < -0.39 is 0 Å². The van der Waals surface area contributed by atoms with Crippen molar-refractivity contribution in [2.24, 2.45) is 7.05 Å². The van der Waals surface area contributed by atoms with Crippen molar-refractivity contribution >= 4 is 5.91 Å². The van der Waals surface area contributed by atoms with Crippen LogP contribution in [0.2, 0.25) is 0 Å². The number of nitrogens with one attached hydrogen (secondary N) is 1. The van der Waals surface area contributed by atoms with E-state index in [1.807, 2.05) is 42.1 Å². The summed E-state index contributed by atoms with van der Waals surface area (Å²) >= 11 is 0. The first-order valence-corrected chi connectivity index (χ1v) is 9.03. The van der Waals surface area contributed by atoms with Gasteiger partial charge in [-0.15, -0.1) is 0 Å². The molecule has 1 aromatic heterocycles. The van der Waals surface area contributed by atoms with Gasteiger partial charge in [-0.05, 0) is 36.6 Å². The summed E-state index contributed by atoms with van der Waals surface area (Å²) in [6, 6.07) is 15.7. The van der Waals surface area contributed by atoms with Gasteiger partial charge in [-0.3, -0.25) is 4.79 Å². The van der Waals surface area contributed by atoms with Crippen LogP contribution in [0.5, 0.6) is 5.75 Å². The minimum Gasteiger partial charge on any atom is -0.497 e. The maximum atomic E-state index is 12.6. The highest BCUT2D eigenvalue weighted by Crippen LogP contribution is 2.24. The molecular formula is C22H25N3O2. The van der Waals surface area contributed by atoms with Crippen LogP contribution in [0.4, 0.5) is 0 Å². The summed E-state index contributed by atoms with van der Waals surface area (Å²) in [6.07, 6.45) is 4.74. The maximum Gasteiger partial charge on any atom is 0.221 e. The van der Waals surface area contributed by atoms with Gasteiger partial charge in [0.25, 0.3) is 0 Å². The number of hydrogen-bond acceptors (Lipinski definition) is 3. The molecule has 0 aliphatic rings. The first-order chi connectivity index (χ1) is 13.1. The molecular weight excluding hydrogens is 338 g/mol. The van der Waals surface area contributed by atoms with Gasteiger partial charge in [0.15, 0.2) is 0 Å². The van der Waals surface area contributed by atoms with E-state index in [4.69, 9.17) is 4.74 Å². The SMILES string of the molecule is COc1cccc(C(NC(=O)CCc2ccc(C)cc2)c2nccn2C)c1. The lowest BCUT2D eigenvalue weighted by atomic mass is 10.0. The van der Waals surface area contributed by atoms with Crippen molar-refractivity contribution in [3.8, 4) is 5.75 Å². The fourth-order valence-corrected chi connectivity index (χ4v) is 3.02. The number of amides is 1. The van der Waals surface area contributed by atoms with Gasteiger partial charge in [0.2, 0.25) is 5.91 Å². The van der Waals surface area contributed by atoms with Crippen LogP contribution in [0.15, 0.2) is 60.9 Å². The number of methoxy groups -OCH3 is 1. The Hall–Kier alpha value is -3.08. The van der Waals surface area contributed by atoms with Gasteiger partial charge in [0, 0.05) is 25.9 Å². The molecule has 140 valence electrons. The van der Waals surface area contributed by atoms with E-state index in [2.05, 4.69) is 41.5 Å². The molecule has 2 aromatic carbocycles. The molecule has 27 heavy (non-hydrogen) atoms. The number of imidazole rings is 1. The lowest BCUT2D eigenvalue weighted by Crippen LogP contribution is -2.31. The first kappa shape index (κ1) is 18.7. The molecule has 0 saturated heterocycles. The number of nitrogens with zero attached hydrogens (tertiary/aromatic N) is 2. The summed E-state index contributed by atoms with van der Waals surface area (Å²) in [5, 5.41) is 3.13.